The number of para-hydroxylation sites is 1. The van der Waals surface area contributed by atoms with Gasteiger partial charge >= 0.3 is 0 Å². The molecular formula is C24H16N4. The molecule has 4 nitrogen and oxygen atoms in total. The summed E-state index contributed by atoms with van der Waals surface area (Å²) in [6.07, 6.45) is 2.05. The molecule has 0 aliphatic carbocycles. The smallest absolute Gasteiger partial charge is 0.145 e. The van der Waals surface area contributed by atoms with Crippen molar-refractivity contribution in [1.82, 2.24) is 18.9 Å². The molecule has 6 aromatic rings. The van der Waals surface area contributed by atoms with Crippen molar-refractivity contribution in [2.45, 2.75) is 0 Å². The average molecular weight is 360 g/mol. The maximum absolute atomic E-state index is 4.99. The summed E-state index contributed by atoms with van der Waals surface area (Å²) in [4.78, 5) is 9.76. The van der Waals surface area contributed by atoms with Gasteiger partial charge in [-0.05, 0) is 36.4 Å². The van der Waals surface area contributed by atoms with Crippen LogP contribution in [0.25, 0.3) is 44.8 Å². The van der Waals surface area contributed by atoms with E-state index in [9.17, 15) is 0 Å². The van der Waals surface area contributed by atoms with Gasteiger partial charge in [0.25, 0.3) is 0 Å². The van der Waals surface area contributed by atoms with E-state index in [-0.39, 0.29) is 0 Å². The first-order valence-electron chi connectivity index (χ1n) is 9.29. The second-order valence-corrected chi connectivity index (χ2v) is 6.84. The quantitative estimate of drug-likeness (QED) is 0.409. The van der Waals surface area contributed by atoms with Crippen LogP contribution in [0.2, 0.25) is 0 Å². The summed E-state index contributed by atoms with van der Waals surface area (Å²) in [5, 5.41) is 0. The van der Waals surface area contributed by atoms with Crippen molar-refractivity contribution in [3.05, 3.63) is 97.2 Å². The van der Waals surface area contributed by atoms with Gasteiger partial charge in [-0.3, -0.25) is 8.97 Å². The second kappa shape index (κ2) is 5.79. The van der Waals surface area contributed by atoms with Crippen LogP contribution in [0, 0.1) is 0 Å². The Bertz CT molecular complexity index is 1440. The van der Waals surface area contributed by atoms with Gasteiger partial charge in [-0.1, -0.05) is 54.6 Å². The van der Waals surface area contributed by atoms with E-state index < -0.39 is 0 Å². The van der Waals surface area contributed by atoms with Gasteiger partial charge in [0.2, 0.25) is 0 Å². The van der Waals surface area contributed by atoms with E-state index in [0.717, 1.165) is 44.8 Å². The van der Waals surface area contributed by atoms with Gasteiger partial charge in [0.1, 0.15) is 11.5 Å². The predicted octanol–water partition coefficient (Wildman–Crippen LogP) is 5.49. The van der Waals surface area contributed by atoms with Crippen molar-refractivity contribution in [3.8, 4) is 17.1 Å². The first-order valence-corrected chi connectivity index (χ1v) is 9.29. The molecule has 0 atom stereocenters. The Morgan fingerprint density at radius 3 is 2.14 bits per heavy atom. The highest BCUT2D eigenvalue weighted by atomic mass is 15.1. The molecular weight excluding hydrogens is 344 g/mol. The molecule has 0 radical (unpaired) electrons. The average Bonchev–Trinajstić information content (AvgIpc) is 3.31. The first-order chi connectivity index (χ1) is 13.9. The fraction of sp³-hybridized carbons (Fsp3) is 0. The SMILES string of the molecule is c1ccc(-c2nc3cc4nc5ccccn5c4cc3n2-c2ccccc2)cc1. The molecule has 0 aliphatic heterocycles. The zero-order valence-electron chi connectivity index (χ0n) is 15.0. The molecule has 132 valence electrons. The lowest BCUT2D eigenvalue weighted by Gasteiger charge is -2.09. The van der Waals surface area contributed by atoms with Crippen LogP contribution in [-0.2, 0) is 0 Å². The molecule has 0 aliphatic rings. The van der Waals surface area contributed by atoms with E-state index in [2.05, 4.69) is 63.7 Å². The Morgan fingerprint density at radius 2 is 1.32 bits per heavy atom. The molecule has 0 spiro atoms. The van der Waals surface area contributed by atoms with Crippen LogP contribution in [0.3, 0.4) is 0 Å². The standard InChI is InChI=1S/C24H16N4/c1-3-9-17(10-4-1)24-26-20-15-19-21(27-14-8-7-13-23(27)25-19)16-22(20)28(24)18-11-5-2-6-12-18/h1-16H. The molecule has 0 unspecified atom stereocenters. The normalized spacial score (nSPS) is 11.6. The van der Waals surface area contributed by atoms with E-state index in [1.807, 2.05) is 42.5 Å². The van der Waals surface area contributed by atoms with Crippen LogP contribution < -0.4 is 0 Å². The zero-order chi connectivity index (χ0) is 18.5. The van der Waals surface area contributed by atoms with Crippen LogP contribution in [0.1, 0.15) is 0 Å². The third-order valence-corrected chi connectivity index (χ3v) is 5.13. The molecule has 3 aromatic heterocycles. The molecule has 6 rings (SSSR count). The topological polar surface area (TPSA) is 35.1 Å². The fourth-order valence-corrected chi connectivity index (χ4v) is 3.86. The van der Waals surface area contributed by atoms with Crippen molar-refractivity contribution in [3.63, 3.8) is 0 Å². The summed E-state index contributed by atoms with van der Waals surface area (Å²) < 4.78 is 4.35. The number of pyridine rings is 1. The molecule has 0 saturated heterocycles. The second-order valence-electron chi connectivity index (χ2n) is 6.84. The van der Waals surface area contributed by atoms with E-state index >= 15 is 0 Å². The number of nitrogens with zero attached hydrogens (tertiary/aromatic N) is 4. The summed E-state index contributed by atoms with van der Waals surface area (Å²) in [6.45, 7) is 0. The summed E-state index contributed by atoms with van der Waals surface area (Å²) in [5.74, 6) is 0.934. The Labute approximate surface area is 161 Å². The third-order valence-electron chi connectivity index (χ3n) is 5.13. The van der Waals surface area contributed by atoms with Crippen molar-refractivity contribution >= 4 is 27.7 Å². The third kappa shape index (κ3) is 2.18. The number of imidazole rings is 2. The molecule has 3 heterocycles. The predicted molar refractivity (Wildman–Crippen MR) is 113 cm³/mol. The lowest BCUT2D eigenvalue weighted by molar-refractivity contribution is 1.10. The molecule has 3 aromatic carbocycles. The van der Waals surface area contributed by atoms with Gasteiger partial charge in [-0.15, -0.1) is 0 Å². The van der Waals surface area contributed by atoms with Crippen LogP contribution in [0.5, 0.6) is 0 Å². The van der Waals surface area contributed by atoms with Crippen LogP contribution >= 0.6 is 0 Å². The van der Waals surface area contributed by atoms with Crippen molar-refractivity contribution in [2.75, 3.05) is 0 Å². The van der Waals surface area contributed by atoms with Crippen LogP contribution in [0.15, 0.2) is 97.2 Å². The van der Waals surface area contributed by atoms with Crippen LogP contribution in [0.4, 0.5) is 0 Å². The number of aromatic nitrogens is 4. The van der Waals surface area contributed by atoms with Gasteiger partial charge in [-0.25, -0.2) is 9.97 Å². The molecule has 0 amide bonds. The molecule has 4 heteroatoms. The molecule has 28 heavy (non-hydrogen) atoms. The van der Waals surface area contributed by atoms with Crippen molar-refractivity contribution in [2.24, 2.45) is 0 Å². The summed E-state index contributed by atoms with van der Waals surface area (Å²) >= 11 is 0. The summed E-state index contributed by atoms with van der Waals surface area (Å²) in [5.41, 5.74) is 7.18. The number of rotatable bonds is 2. The zero-order valence-corrected chi connectivity index (χ0v) is 15.0. The summed E-state index contributed by atoms with van der Waals surface area (Å²) in [7, 11) is 0. The molecule has 0 fully saturated rings. The molecule has 0 saturated carbocycles. The number of hydrogen-bond acceptors (Lipinski definition) is 2. The van der Waals surface area contributed by atoms with Crippen molar-refractivity contribution < 1.29 is 0 Å². The maximum atomic E-state index is 4.99. The van der Waals surface area contributed by atoms with Gasteiger partial charge in [0.05, 0.1) is 22.1 Å². The largest absolute Gasteiger partial charge is 0.300 e. The van der Waals surface area contributed by atoms with Gasteiger partial charge in [0.15, 0.2) is 0 Å². The van der Waals surface area contributed by atoms with E-state index in [1.165, 1.54) is 0 Å². The highest BCUT2D eigenvalue weighted by Crippen LogP contribution is 2.31. The minimum atomic E-state index is 0.934. The highest BCUT2D eigenvalue weighted by molar-refractivity contribution is 5.96. The van der Waals surface area contributed by atoms with Crippen molar-refractivity contribution in [1.29, 1.82) is 0 Å². The fourth-order valence-electron chi connectivity index (χ4n) is 3.86. The van der Waals surface area contributed by atoms with E-state index in [4.69, 9.17) is 9.97 Å². The maximum Gasteiger partial charge on any atom is 0.145 e. The monoisotopic (exact) mass is 360 g/mol. The summed E-state index contributed by atoms with van der Waals surface area (Å²) in [6, 6.07) is 31.1. The van der Waals surface area contributed by atoms with Crippen LogP contribution in [-0.4, -0.2) is 18.9 Å². The minimum Gasteiger partial charge on any atom is -0.300 e. The molecule has 0 bridgehead atoms. The Kier molecular flexibility index (Phi) is 3.14. The van der Waals surface area contributed by atoms with Gasteiger partial charge in [-0.2, -0.15) is 0 Å². The van der Waals surface area contributed by atoms with Gasteiger partial charge in [0, 0.05) is 17.4 Å². The van der Waals surface area contributed by atoms with E-state index in [0.29, 0.717) is 0 Å². The Hall–Kier alpha value is -3.92. The van der Waals surface area contributed by atoms with Gasteiger partial charge < -0.3 is 0 Å². The first kappa shape index (κ1) is 15.2. The van der Waals surface area contributed by atoms with E-state index in [1.54, 1.807) is 0 Å². The Morgan fingerprint density at radius 1 is 0.607 bits per heavy atom. The highest BCUT2D eigenvalue weighted by Gasteiger charge is 2.16. The minimum absolute atomic E-state index is 0.934. The molecule has 0 N–H and O–H groups in total. The Balaban J connectivity index is 1.75. The lowest BCUT2D eigenvalue weighted by atomic mass is 10.2. The number of hydrogen-bond donors (Lipinski definition) is 0. The lowest BCUT2D eigenvalue weighted by Crippen LogP contribution is -1.97. The number of benzene rings is 3. The number of fused-ring (bicyclic) bond motifs is 4.